The van der Waals surface area contributed by atoms with E-state index in [4.69, 9.17) is 0 Å². The minimum absolute atomic E-state index is 0.148. The average Bonchev–Trinajstić information content (AvgIpc) is 3.15. The molecule has 4 nitrogen and oxygen atoms in total. The van der Waals surface area contributed by atoms with Gasteiger partial charge in [-0.05, 0) is 57.8 Å². The summed E-state index contributed by atoms with van der Waals surface area (Å²) in [5.41, 5.74) is 0. The maximum atomic E-state index is 12.3. The second-order valence-electron chi connectivity index (χ2n) is 14.4. The second-order valence-corrected chi connectivity index (χ2v) is 14.4. The van der Waals surface area contributed by atoms with Crippen molar-refractivity contribution in [3.63, 3.8) is 0 Å². The summed E-state index contributed by atoms with van der Waals surface area (Å²) in [7, 11) is 0. The normalized spacial score (nSPS) is 13.8. The number of nitrogens with one attached hydrogen (secondary N) is 1. The lowest BCUT2D eigenvalue weighted by atomic mass is 10.0. The molecule has 298 valence electrons. The van der Waals surface area contributed by atoms with Crippen molar-refractivity contribution in [1.82, 2.24) is 5.32 Å². The van der Waals surface area contributed by atoms with E-state index in [9.17, 15) is 15.0 Å². The average molecular weight is 722 g/mol. The summed E-state index contributed by atoms with van der Waals surface area (Å²) in [6.45, 7) is 4.16. The summed E-state index contributed by atoms with van der Waals surface area (Å²) >= 11 is 0. The molecule has 0 radical (unpaired) electrons. The monoisotopic (exact) mass is 722 g/mol. The van der Waals surface area contributed by atoms with Gasteiger partial charge in [0.2, 0.25) is 5.91 Å². The van der Waals surface area contributed by atoms with E-state index in [1.54, 1.807) is 6.08 Å². The molecular formula is C48H83NO3. The highest BCUT2D eigenvalue weighted by atomic mass is 16.3. The van der Waals surface area contributed by atoms with Crippen LogP contribution in [0.25, 0.3) is 0 Å². The molecule has 0 rings (SSSR count). The Morgan fingerprint density at radius 2 is 0.846 bits per heavy atom. The molecule has 52 heavy (non-hydrogen) atoms. The predicted molar refractivity (Wildman–Crippen MR) is 230 cm³/mol. The Bertz CT molecular complexity index is 957. The van der Waals surface area contributed by atoms with Crippen LogP contribution in [0.3, 0.4) is 0 Å². The van der Waals surface area contributed by atoms with Crippen LogP contribution in [0.2, 0.25) is 0 Å². The zero-order valence-electron chi connectivity index (χ0n) is 34.0. The van der Waals surface area contributed by atoms with Crippen LogP contribution in [0.15, 0.2) is 85.1 Å². The van der Waals surface area contributed by atoms with Gasteiger partial charge in [0.15, 0.2) is 0 Å². The van der Waals surface area contributed by atoms with E-state index in [-0.39, 0.29) is 12.5 Å². The largest absolute Gasteiger partial charge is 0.394 e. The van der Waals surface area contributed by atoms with Crippen LogP contribution in [0.4, 0.5) is 0 Å². The topological polar surface area (TPSA) is 69.6 Å². The molecule has 1 amide bonds. The maximum Gasteiger partial charge on any atom is 0.220 e. The number of aliphatic hydroxyl groups is 2. The fourth-order valence-corrected chi connectivity index (χ4v) is 6.08. The third kappa shape index (κ3) is 38.8. The molecule has 0 spiro atoms. The van der Waals surface area contributed by atoms with Gasteiger partial charge in [0, 0.05) is 6.42 Å². The van der Waals surface area contributed by atoms with E-state index in [1.807, 2.05) is 12.2 Å². The Kier molecular flexibility index (Phi) is 41.0. The molecule has 0 aromatic carbocycles. The van der Waals surface area contributed by atoms with Crippen LogP contribution in [-0.4, -0.2) is 34.9 Å². The van der Waals surface area contributed by atoms with Gasteiger partial charge < -0.3 is 15.5 Å². The predicted octanol–water partition coefficient (Wildman–Crippen LogP) is 13.7. The van der Waals surface area contributed by atoms with E-state index >= 15 is 0 Å². The number of aliphatic hydroxyl groups excluding tert-OH is 2. The van der Waals surface area contributed by atoms with Gasteiger partial charge in [-0.15, -0.1) is 0 Å². The van der Waals surface area contributed by atoms with E-state index < -0.39 is 12.1 Å². The lowest BCUT2D eigenvalue weighted by molar-refractivity contribution is -0.122. The number of carbonyl (C=O) groups is 1. The first-order valence-corrected chi connectivity index (χ1v) is 21.8. The zero-order valence-corrected chi connectivity index (χ0v) is 34.0. The molecule has 0 aromatic rings. The molecule has 0 aliphatic rings. The highest BCUT2D eigenvalue weighted by Gasteiger charge is 2.17. The van der Waals surface area contributed by atoms with Crippen LogP contribution in [0, 0.1) is 0 Å². The van der Waals surface area contributed by atoms with Gasteiger partial charge in [-0.25, -0.2) is 0 Å². The molecule has 0 saturated carbocycles. The second kappa shape index (κ2) is 43.0. The molecule has 0 aliphatic carbocycles. The smallest absolute Gasteiger partial charge is 0.220 e. The summed E-state index contributed by atoms with van der Waals surface area (Å²) in [4.78, 5) is 12.3. The fraction of sp³-hybridized carbons (Fsp3) is 0.688. The SMILES string of the molecule is CC/C=C\C/C=C\C/C=C\C/C=C\C/C=C\C/C=C\CCC(=O)NC(CO)C(O)/C=C/CCCCCCCCCCCCCCCCCCCCC. The molecular weight excluding hydrogens is 639 g/mol. The molecule has 0 saturated heterocycles. The van der Waals surface area contributed by atoms with Crippen molar-refractivity contribution in [2.24, 2.45) is 0 Å². The van der Waals surface area contributed by atoms with Crippen LogP contribution in [0.1, 0.15) is 194 Å². The minimum atomic E-state index is -0.875. The first-order chi connectivity index (χ1) is 25.7. The van der Waals surface area contributed by atoms with Gasteiger partial charge in [0.05, 0.1) is 18.8 Å². The van der Waals surface area contributed by atoms with Crippen molar-refractivity contribution in [2.75, 3.05) is 6.61 Å². The summed E-state index contributed by atoms with van der Waals surface area (Å²) in [5.74, 6) is -0.148. The molecule has 0 bridgehead atoms. The molecule has 2 unspecified atom stereocenters. The Morgan fingerprint density at radius 1 is 0.481 bits per heavy atom. The third-order valence-corrected chi connectivity index (χ3v) is 9.40. The van der Waals surface area contributed by atoms with Crippen molar-refractivity contribution in [3.05, 3.63) is 85.1 Å². The van der Waals surface area contributed by atoms with E-state index in [1.165, 1.54) is 116 Å². The van der Waals surface area contributed by atoms with Crippen LogP contribution < -0.4 is 5.32 Å². The summed E-state index contributed by atoms with van der Waals surface area (Å²) in [5, 5.41) is 22.9. The van der Waals surface area contributed by atoms with Gasteiger partial charge in [-0.3, -0.25) is 4.79 Å². The minimum Gasteiger partial charge on any atom is -0.394 e. The summed E-state index contributed by atoms with van der Waals surface area (Å²) in [6.07, 6.45) is 62.7. The van der Waals surface area contributed by atoms with Crippen molar-refractivity contribution in [2.45, 2.75) is 206 Å². The van der Waals surface area contributed by atoms with Crippen LogP contribution in [-0.2, 0) is 4.79 Å². The molecule has 2 atom stereocenters. The highest BCUT2D eigenvalue weighted by Crippen LogP contribution is 2.15. The molecule has 4 heteroatoms. The number of unbranched alkanes of at least 4 members (excludes halogenated alkanes) is 19. The van der Waals surface area contributed by atoms with Gasteiger partial charge in [-0.2, -0.15) is 0 Å². The first-order valence-electron chi connectivity index (χ1n) is 21.8. The standard InChI is InChI=1S/C48H83NO3/c1-3-5-7-9-11-13-15-17-19-21-23-24-26-27-29-31-33-35-37-39-41-43-47(51)46(45-50)49-48(52)44-42-40-38-36-34-32-30-28-25-22-20-18-16-14-12-10-8-6-4-2/h6,8,12,14,18,20,25,28,32,34,38,40-41,43,46-47,50-51H,3-5,7,9-11,13,15-17,19,21-24,26-27,29-31,33,35-37,39,42,44-45H2,1-2H3,(H,49,52)/b8-6-,14-12-,20-18-,28-25-,34-32-,40-38-,43-41+. The Balaban J connectivity index is 3.72. The molecule has 0 heterocycles. The number of carbonyl (C=O) groups excluding carboxylic acids is 1. The number of hydrogen-bond donors (Lipinski definition) is 3. The molecule has 0 aromatic heterocycles. The first kappa shape index (κ1) is 49.6. The van der Waals surface area contributed by atoms with E-state index in [0.717, 1.165) is 51.4 Å². The number of rotatable bonds is 38. The lowest BCUT2D eigenvalue weighted by Crippen LogP contribution is -2.45. The summed E-state index contributed by atoms with van der Waals surface area (Å²) < 4.78 is 0. The van der Waals surface area contributed by atoms with Gasteiger partial charge in [-0.1, -0.05) is 214 Å². The highest BCUT2D eigenvalue weighted by molar-refractivity contribution is 5.76. The lowest BCUT2D eigenvalue weighted by Gasteiger charge is -2.19. The molecule has 0 aliphatic heterocycles. The van der Waals surface area contributed by atoms with Gasteiger partial charge >= 0.3 is 0 Å². The zero-order chi connectivity index (χ0) is 37.8. The van der Waals surface area contributed by atoms with E-state index in [2.05, 4.69) is 86.0 Å². The summed E-state index contributed by atoms with van der Waals surface area (Å²) in [6, 6.07) is -0.667. The van der Waals surface area contributed by atoms with Crippen LogP contribution >= 0.6 is 0 Å². The number of allylic oxidation sites excluding steroid dienone is 13. The van der Waals surface area contributed by atoms with Gasteiger partial charge in [0.25, 0.3) is 0 Å². The van der Waals surface area contributed by atoms with Gasteiger partial charge in [0.1, 0.15) is 0 Å². The van der Waals surface area contributed by atoms with Crippen LogP contribution in [0.5, 0.6) is 0 Å². The van der Waals surface area contributed by atoms with Crippen molar-refractivity contribution < 1.29 is 15.0 Å². The van der Waals surface area contributed by atoms with Crippen molar-refractivity contribution in [1.29, 1.82) is 0 Å². The third-order valence-electron chi connectivity index (χ3n) is 9.40. The molecule has 0 fully saturated rings. The Hall–Kier alpha value is -2.43. The van der Waals surface area contributed by atoms with Crippen molar-refractivity contribution in [3.8, 4) is 0 Å². The number of amides is 1. The van der Waals surface area contributed by atoms with Crippen molar-refractivity contribution >= 4 is 5.91 Å². The Labute approximate surface area is 322 Å². The quantitative estimate of drug-likeness (QED) is 0.0439. The Morgan fingerprint density at radius 3 is 1.23 bits per heavy atom. The fourth-order valence-electron chi connectivity index (χ4n) is 6.08. The molecule has 3 N–H and O–H groups in total. The van der Waals surface area contributed by atoms with E-state index in [0.29, 0.717) is 12.8 Å². The number of hydrogen-bond acceptors (Lipinski definition) is 3. The maximum absolute atomic E-state index is 12.3.